The molecule has 0 aromatic heterocycles. The Hall–Kier alpha value is 3.24. The molecule has 0 saturated carbocycles. The van der Waals surface area contributed by atoms with Gasteiger partial charge in [0.1, 0.15) is 0 Å². The fourth-order valence-corrected chi connectivity index (χ4v) is 20.1. The van der Waals surface area contributed by atoms with Crippen molar-refractivity contribution in [3.63, 3.8) is 0 Å². The van der Waals surface area contributed by atoms with E-state index in [-0.39, 0.29) is 0 Å². The van der Waals surface area contributed by atoms with Crippen LogP contribution in [0.25, 0.3) is 0 Å². The maximum atomic E-state index is 5.70. The lowest BCUT2D eigenvalue weighted by Gasteiger charge is -2.20. The lowest BCUT2D eigenvalue weighted by atomic mass is 10.2. The fraction of sp³-hybridized carbons (Fsp3) is 1.00. The van der Waals surface area contributed by atoms with E-state index in [0.29, 0.717) is 26.4 Å². The minimum atomic E-state index is -2.02. The highest BCUT2D eigenvalue weighted by molar-refractivity contribution is 9.41. The van der Waals surface area contributed by atoms with Crippen LogP contribution in [0.15, 0.2) is 0 Å². The predicted octanol–water partition coefficient (Wildman–Crippen LogP) is 10.8. The van der Waals surface area contributed by atoms with Gasteiger partial charge in [-0.3, -0.25) is 0 Å². The molecule has 34 heavy (non-hydrogen) atoms. The van der Waals surface area contributed by atoms with Crippen LogP contribution >= 0.6 is 73.9 Å². The van der Waals surface area contributed by atoms with Gasteiger partial charge in [0.15, 0.2) is 13.0 Å². The van der Waals surface area contributed by atoms with Gasteiger partial charge in [0.05, 0.1) is 26.4 Å². The van der Waals surface area contributed by atoms with E-state index < -0.39 is 13.0 Å². The van der Waals surface area contributed by atoms with E-state index in [4.69, 9.17) is 41.7 Å². The minimum Gasteiger partial charge on any atom is -0.330 e. The Morgan fingerprint density at radius 3 is 1.12 bits per heavy atom. The van der Waals surface area contributed by atoms with E-state index in [2.05, 4.69) is 0 Å². The van der Waals surface area contributed by atoms with Crippen LogP contribution < -0.4 is 0 Å². The lowest BCUT2D eigenvalue weighted by Crippen LogP contribution is -2.00. The molecule has 0 aromatic rings. The first kappa shape index (κ1) is 37.2. The van der Waals surface area contributed by atoms with Crippen molar-refractivity contribution in [2.75, 3.05) is 50.3 Å². The monoisotopic (exact) mass is 666 g/mol. The Morgan fingerprint density at radius 1 is 0.471 bits per heavy atom. The fourth-order valence-electron chi connectivity index (χ4n) is 2.89. The van der Waals surface area contributed by atoms with Crippen LogP contribution in [-0.2, 0) is 41.7 Å². The summed E-state index contributed by atoms with van der Waals surface area (Å²) >= 11 is 11.2. The average Bonchev–Trinajstić information content (AvgIpc) is 2.79. The van der Waals surface area contributed by atoms with Crippen molar-refractivity contribution in [1.29, 1.82) is 0 Å². The van der Waals surface area contributed by atoms with E-state index in [1.165, 1.54) is 50.0 Å². The topological polar surface area (TPSA) is 36.9 Å². The molecule has 0 amide bonds. The first-order chi connectivity index (χ1) is 16.4. The average molecular weight is 667 g/mol. The molecule has 0 bridgehead atoms. The summed E-state index contributed by atoms with van der Waals surface area (Å²) in [6.45, 7) is 6.54. The van der Waals surface area contributed by atoms with Gasteiger partial charge in [-0.25, -0.2) is 0 Å². The molecule has 0 radical (unpaired) electrons. The molecule has 206 valence electrons. The molecule has 0 aliphatic heterocycles. The van der Waals surface area contributed by atoms with Crippen LogP contribution in [-0.4, -0.2) is 50.3 Å². The van der Waals surface area contributed by atoms with Crippen molar-refractivity contribution in [2.45, 2.75) is 79.1 Å². The molecule has 0 aromatic carbocycles. The highest BCUT2D eigenvalue weighted by Gasteiger charge is 2.17. The third-order valence-corrected chi connectivity index (χ3v) is 22.1. The third kappa shape index (κ3) is 23.2. The summed E-state index contributed by atoms with van der Waals surface area (Å²) in [4.78, 5) is 0. The first-order valence-corrected chi connectivity index (χ1v) is 25.6. The van der Waals surface area contributed by atoms with Crippen molar-refractivity contribution in [3.8, 4) is 0 Å². The molecule has 0 unspecified atom stereocenters. The number of hydrogen-bond donors (Lipinski definition) is 0. The quantitative estimate of drug-likeness (QED) is 0.0475. The summed E-state index contributed by atoms with van der Waals surface area (Å²) in [5.41, 5.74) is 0. The van der Waals surface area contributed by atoms with E-state index >= 15 is 0 Å². The van der Waals surface area contributed by atoms with Crippen LogP contribution in [0.4, 0.5) is 0 Å². The van der Waals surface area contributed by atoms with Crippen LogP contribution in [0.1, 0.15) is 79.1 Å². The van der Waals surface area contributed by atoms with Gasteiger partial charge < -0.3 is 18.1 Å². The van der Waals surface area contributed by atoms with Crippen molar-refractivity contribution < 1.29 is 18.1 Å². The molecular weight excluding hydrogens is 623 g/mol. The van der Waals surface area contributed by atoms with Crippen molar-refractivity contribution in [2.24, 2.45) is 0 Å². The highest BCUT2D eigenvalue weighted by atomic mass is 33.9. The molecule has 4 nitrogen and oxygen atoms in total. The maximum absolute atomic E-state index is 5.70. The summed E-state index contributed by atoms with van der Waals surface area (Å²) in [7, 11) is 11.5. The second kappa shape index (κ2) is 26.5. The number of hydrogen-bond acceptors (Lipinski definition) is 12. The molecule has 0 atom stereocenters. The largest absolute Gasteiger partial charge is 0.330 e. The zero-order chi connectivity index (χ0) is 25.4. The number of unbranched alkanes of at least 4 members (excludes halogenated alkanes) is 6. The van der Waals surface area contributed by atoms with E-state index in [0.717, 1.165) is 25.2 Å². The zero-order valence-corrected chi connectivity index (χ0v) is 29.4. The van der Waals surface area contributed by atoms with Crippen LogP contribution in [0.2, 0.25) is 0 Å². The van der Waals surface area contributed by atoms with Crippen LogP contribution in [0, 0.1) is 0 Å². The SMILES string of the molecule is CCOP(=S)(CCCCCCSSSSSSCCCCCCP(=S)(OCC)OCC)OCC. The molecule has 0 N–H and O–H groups in total. The molecular formula is C20H44O4P2S8. The van der Waals surface area contributed by atoms with E-state index in [1.54, 1.807) is 0 Å². The molecule has 0 aliphatic carbocycles. The molecule has 0 spiro atoms. The Morgan fingerprint density at radius 2 is 0.794 bits per heavy atom. The zero-order valence-electron chi connectivity index (χ0n) is 21.1. The molecule has 0 fully saturated rings. The van der Waals surface area contributed by atoms with Gasteiger partial charge in [-0.05, 0) is 116 Å². The van der Waals surface area contributed by atoms with Gasteiger partial charge in [-0.2, -0.15) is 0 Å². The van der Waals surface area contributed by atoms with Gasteiger partial charge in [-0.15, -0.1) is 0 Å². The second-order valence-electron chi connectivity index (χ2n) is 7.08. The molecule has 0 heterocycles. The predicted molar refractivity (Wildman–Crippen MR) is 177 cm³/mol. The molecule has 0 rings (SSSR count). The summed E-state index contributed by atoms with van der Waals surface area (Å²) < 4.78 is 22.8. The Balaban J connectivity index is 3.40. The standard InChI is InChI=1S/C20H44O4P2S8/c1-5-21-25(27,22-6-2)17-13-9-11-15-19-29-31-33-34-32-30-20-16-12-10-14-18-26(28,23-7-3)24-8-4/h5-20H2,1-4H3. The first-order valence-electron chi connectivity index (χ1n) is 12.1. The van der Waals surface area contributed by atoms with Crippen LogP contribution in [0.5, 0.6) is 0 Å². The van der Waals surface area contributed by atoms with Gasteiger partial charge in [0.2, 0.25) is 0 Å². The summed E-state index contributed by atoms with van der Waals surface area (Å²) in [5, 5.41) is 0. The van der Waals surface area contributed by atoms with Crippen LogP contribution in [0.3, 0.4) is 0 Å². The third-order valence-electron chi connectivity index (χ3n) is 4.30. The Labute approximate surface area is 242 Å². The lowest BCUT2D eigenvalue weighted by molar-refractivity contribution is 0.265. The van der Waals surface area contributed by atoms with Crippen molar-refractivity contribution in [3.05, 3.63) is 0 Å². The normalized spacial score (nSPS) is 12.5. The molecule has 0 saturated heterocycles. The molecule has 0 aliphatic rings. The summed E-state index contributed by atoms with van der Waals surface area (Å²) in [5.74, 6) is 2.42. The summed E-state index contributed by atoms with van der Waals surface area (Å²) in [6.07, 6.45) is 11.5. The van der Waals surface area contributed by atoms with Gasteiger partial charge in [0, 0.05) is 23.8 Å². The van der Waals surface area contributed by atoms with Gasteiger partial charge in [0.25, 0.3) is 0 Å². The Kier molecular flexibility index (Phi) is 29.0. The maximum Gasteiger partial charge on any atom is 0.188 e. The number of rotatable bonds is 27. The smallest absolute Gasteiger partial charge is 0.188 e. The Bertz CT molecular complexity index is 483. The van der Waals surface area contributed by atoms with Crippen molar-refractivity contribution in [1.82, 2.24) is 0 Å². The highest BCUT2D eigenvalue weighted by Crippen LogP contribution is 2.53. The van der Waals surface area contributed by atoms with Gasteiger partial charge in [-0.1, -0.05) is 47.3 Å². The summed E-state index contributed by atoms with van der Waals surface area (Å²) in [6, 6.07) is 0. The second-order valence-corrected chi connectivity index (χ2v) is 24.6. The molecule has 14 heteroatoms. The minimum absolute atomic E-state index is 0.652. The van der Waals surface area contributed by atoms with E-state index in [1.807, 2.05) is 88.6 Å². The van der Waals surface area contributed by atoms with E-state index in [9.17, 15) is 0 Å². The van der Waals surface area contributed by atoms with Gasteiger partial charge >= 0.3 is 0 Å². The van der Waals surface area contributed by atoms with Crippen molar-refractivity contribution >= 4 is 97.5 Å².